The topological polar surface area (TPSA) is 129 Å². The van der Waals surface area contributed by atoms with E-state index < -0.39 is 29.0 Å². The minimum Gasteiger partial charge on any atom is -0.308 e. The van der Waals surface area contributed by atoms with Crippen LogP contribution in [0, 0.1) is 56.7 Å². The first-order chi connectivity index (χ1) is 26.8. The molecule has 266 valence electrons. The monoisotopic (exact) mass is 745 g/mol. The quantitative estimate of drug-likeness (QED) is 0.166. The van der Waals surface area contributed by atoms with Gasteiger partial charge >= 0.3 is 12.4 Å². The van der Waals surface area contributed by atoms with E-state index in [0.29, 0.717) is 55.7 Å². The van der Waals surface area contributed by atoms with Crippen molar-refractivity contribution >= 4 is 43.6 Å². The minimum atomic E-state index is -5.20. The molecule has 0 unspecified atom stereocenters. The fourth-order valence-corrected chi connectivity index (χ4v) is 7.27. The predicted molar refractivity (Wildman–Crippen MR) is 194 cm³/mol. The summed E-state index contributed by atoms with van der Waals surface area (Å²) in [6, 6.07) is 32.8. The summed E-state index contributed by atoms with van der Waals surface area (Å²) in [6.07, 6.45) is -10.4. The third kappa shape index (κ3) is 5.50. The van der Waals surface area contributed by atoms with Gasteiger partial charge in [0.1, 0.15) is 0 Å². The van der Waals surface area contributed by atoms with Crippen molar-refractivity contribution in [2.24, 2.45) is 0 Å². The Kier molecular flexibility index (Phi) is 7.83. The highest BCUT2D eigenvalue weighted by atomic mass is 19.4. The first-order valence-corrected chi connectivity index (χ1v) is 16.4. The summed E-state index contributed by atoms with van der Waals surface area (Å²) in [7, 11) is 0. The minimum absolute atomic E-state index is 0.0122. The van der Waals surface area contributed by atoms with E-state index >= 15 is 0 Å². The van der Waals surface area contributed by atoms with Crippen LogP contribution in [0.15, 0.2) is 103 Å². The number of aromatic nitrogens is 2. The highest BCUT2D eigenvalue weighted by molar-refractivity contribution is 6.13. The van der Waals surface area contributed by atoms with Crippen LogP contribution in [0.4, 0.5) is 26.3 Å². The van der Waals surface area contributed by atoms with Crippen LogP contribution in [-0.2, 0) is 12.4 Å². The second-order valence-electron chi connectivity index (χ2n) is 12.8. The van der Waals surface area contributed by atoms with Gasteiger partial charge in [-0.3, -0.25) is 0 Å². The second kappa shape index (κ2) is 12.5. The standard InChI is InChI=1S/C43H17F6N7/c44-42(45,46)29-15-28(16-30(17-29)43(47,48)49)41-39(55-35-5-1-23(18-50)9-31(35)32-10-24(19-51)2-6-36(32)55)13-27(22-54)14-40(41)56-37-7-3-25(20-52)11-33(37)34-12-26(21-53)4-8-38(34)56/h1-17H. The summed E-state index contributed by atoms with van der Waals surface area (Å²) >= 11 is 0. The fourth-order valence-electron chi connectivity index (χ4n) is 7.27. The first kappa shape index (κ1) is 35.0. The molecule has 8 rings (SSSR count). The van der Waals surface area contributed by atoms with Crippen molar-refractivity contribution in [3.8, 4) is 52.8 Å². The molecule has 7 nitrogen and oxygen atoms in total. The maximum Gasteiger partial charge on any atom is 0.416 e. The lowest BCUT2D eigenvalue weighted by atomic mass is 9.94. The van der Waals surface area contributed by atoms with Gasteiger partial charge in [-0.2, -0.15) is 52.7 Å². The van der Waals surface area contributed by atoms with Crippen LogP contribution in [-0.4, -0.2) is 9.13 Å². The number of fused-ring (bicyclic) bond motifs is 6. The zero-order chi connectivity index (χ0) is 39.7. The summed E-state index contributed by atoms with van der Waals surface area (Å²) < 4.78 is 90.2. The Morgan fingerprint density at radius 1 is 0.375 bits per heavy atom. The van der Waals surface area contributed by atoms with Crippen molar-refractivity contribution in [1.82, 2.24) is 9.13 Å². The average molecular weight is 746 g/mol. The molecule has 0 amide bonds. The highest BCUT2D eigenvalue weighted by Gasteiger charge is 2.38. The van der Waals surface area contributed by atoms with E-state index in [4.69, 9.17) is 0 Å². The number of nitrogens with zero attached hydrogens (tertiary/aromatic N) is 7. The van der Waals surface area contributed by atoms with Crippen LogP contribution >= 0.6 is 0 Å². The van der Waals surface area contributed by atoms with Gasteiger partial charge in [-0.05, 0) is 109 Å². The van der Waals surface area contributed by atoms with Crippen molar-refractivity contribution in [1.29, 1.82) is 26.3 Å². The maximum absolute atomic E-state index is 14.5. The number of alkyl halides is 6. The van der Waals surface area contributed by atoms with Gasteiger partial charge in [0, 0.05) is 27.1 Å². The van der Waals surface area contributed by atoms with E-state index in [1.165, 1.54) is 36.4 Å². The number of rotatable bonds is 3. The lowest BCUT2D eigenvalue weighted by Gasteiger charge is -2.22. The van der Waals surface area contributed by atoms with E-state index in [-0.39, 0.29) is 50.8 Å². The van der Waals surface area contributed by atoms with Crippen LogP contribution in [0.25, 0.3) is 66.1 Å². The van der Waals surface area contributed by atoms with Crippen LogP contribution in [0.2, 0.25) is 0 Å². The third-order valence-corrected chi connectivity index (χ3v) is 9.63. The smallest absolute Gasteiger partial charge is 0.308 e. The van der Waals surface area contributed by atoms with Gasteiger partial charge in [-0.1, -0.05) is 0 Å². The Morgan fingerprint density at radius 3 is 0.946 bits per heavy atom. The molecule has 0 aliphatic heterocycles. The molecule has 0 saturated carbocycles. The lowest BCUT2D eigenvalue weighted by molar-refractivity contribution is -0.143. The number of nitriles is 5. The Bertz CT molecular complexity index is 2890. The number of halogens is 6. The molecule has 6 aromatic carbocycles. The molecule has 0 N–H and O–H groups in total. The molecule has 0 fully saturated rings. The summed E-state index contributed by atoms with van der Waals surface area (Å²) in [4.78, 5) is 0. The van der Waals surface area contributed by atoms with Crippen molar-refractivity contribution in [3.05, 3.63) is 142 Å². The molecular formula is C43H17F6N7. The van der Waals surface area contributed by atoms with Crippen molar-refractivity contribution < 1.29 is 26.3 Å². The van der Waals surface area contributed by atoms with Crippen LogP contribution in [0.3, 0.4) is 0 Å². The van der Waals surface area contributed by atoms with Crippen LogP contribution < -0.4 is 0 Å². The Hall–Kier alpha value is -8.05. The molecule has 0 atom stereocenters. The SMILES string of the molecule is N#Cc1cc(-n2c3ccc(C#N)cc3c3cc(C#N)ccc32)c(-c2cc(C(F)(F)F)cc(C(F)(F)F)c2)c(-n2c3ccc(C#N)cc3c3cc(C#N)ccc32)c1. The predicted octanol–water partition coefficient (Wildman–Crippen LogP) is 10.9. The first-order valence-electron chi connectivity index (χ1n) is 16.4. The Balaban J connectivity index is 1.64. The Morgan fingerprint density at radius 2 is 0.679 bits per heavy atom. The van der Waals surface area contributed by atoms with Crippen LogP contribution in [0.1, 0.15) is 38.9 Å². The summed E-state index contributed by atoms with van der Waals surface area (Å²) in [5.41, 5.74) is -1.27. The van der Waals surface area contributed by atoms with Gasteiger partial charge in [0.2, 0.25) is 0 Å². The largest absolute Gasteiger partial charge is 0.416 e. The van der Waals surface area contributed by atoms with Gasteiger partial charge in [0.25, 0.3) is 0 Å². The molecule has 0 spiro atoms. The Labute approximate surface area is 312 Å². The van der Waals surface area contributed by atoms with Crippen molar-refractivity contribution in [3.63, 3.8) is 0 Å². The fraction of sp³-hybridized carbons (Fsp3) is 0.0465. The van der Waals surface area contributed by atoms with Gasteiger partial charge < -0.3 is 9.13 Å². The molecule has 56 heavy (non-hydrogen) atoms. The normalized spacial score (nSPS) is 11.7. The molecule has 2 aromatic heterocycles. The summed E-state index contributed by atoms with van der Waals surface area (Å²) in [6.45, 7) is 0. The molecule has 0 radical (unpaired) electrons. The summed E-state index contributed by atoms with van der Waals surface area (Å²) in [5, 5.41) is 51.3. The van der Waals surface area contributed by atoms with E-state index in [2.05, 4.69) is 30.3 Å². The molecule has 13 heteroatoms. The van der Waals surface area contributed by atoms with Gasteiger partial charge in [0.15, 0.2) is 0 Å². The lowest BCUT2D eigenvalue weighted by Crippen LogP contribution is -2.12. The van der Waals surface area contributed by atoms with Crippen molar-refractivity contribution in [2.75, 3.05) is 0 Å². The highest BCUT2D eigenvalue weighted by Crippen LogP contribution is 2.46. The summed E-state index contributed by atoms with van der Waals surface area (Å²) in [5.74, 6) is 0. The number of hydrogen-bond acceptors (Lipinski definition) is 5. The van der Waals surface area contributed by atoms with Crippen LogP contribution in [0.5, 0.6) is 0 Å². The van der Waals surface area contributed by atoms with Gasteiger partial charge in [0.05, 0.1) is 103 Å². The van der Waals surface area contributed by atoms with Crippen molar-refractivity contribution in [2.45, 2.75) is 12.4 Å². The molecule has 0 bridgehead atoms. The van der Waals surface area contributed by atoms with E-state index in [9.17, 15) is 52.7 Å². The van der Waals surface area contributed by atoms with Gasteiger partial charge in [-0.25, -0.2) is 0 Å². The number of benzene rings is 6. The molecule has 8 aromatic rings. The maximum atomic E-state index is 14.5. The zero-order valence-corrected chi connectivity index (χ0v) is 28.2. The zero-order valence-electron chi connectivity index (χ0n) is 28.2. The average Bonchev–Trinajstić information content (AvgIpc) is 3.70. The molecule has 0 saturated heterocycles. The van der Waals surface area contributed by atoms with Gasteiger partial charge in [-0.15, -0.1) is 0 Å². The molecule has 2 heterocycles. The second-order valence-corrected chi connectivity index (χ2v) is 12.8. The van der Waals surface area contributed by atoms with E-state index in [1.807, 2.05) is 0 Å². The van der Waals surface area contributed by atoms with E-state index in [0.717, 1.165) is 0 Å². The molecular weight excluding hydrogens is 729 g/mol. The molecule has 0 aliphatic carbocycles. The van der Waals surface area contributed by atoms with E-state index in [1.54, 1.807) is 57.7 Å². The number of hydrogen-bond donors (Lipinski definition) is 0. The third-order valence-electron chi connectivity index (χ3n) is 9.63. The molecule has 0 aliphatic rings.